The second kappa shape index (κ2) is 22.5. The number of carboxylic acid groups (broad SMARTS) is 2. The number of carbonyl (C=O) groups excluding carboxylic acids is 2. The summed E-state index contributed by atoms with van der Waals surface area (Å²) < 4.78 is 0. The average Bonchev–Trinajstić information content (AvgIpc) is 2.98. The van der Waals surface area contributed by atoms with Crippen molar-refractivity contribution in [3.8, 4) is 11.5 Å². The van der Waals surface area contributed by atoms with E-state index in [0.29, 0.717) is 22.9 Å². The normalized spacial score (nSPS) is 10.4. The standard InChI is InChI=1S/C32H40N2O2.2C2H4O2.Co/c1-5-9-13-23-17-25(7-3)31(35)27(19-23)21-33-29-15-11-12-16-30(29)34-22-28-20-24(14-10-6-2)18-26(8-4)32(28)36;2*1-2(3)4;/h11-12,15-22,35-36H,5-10,13-14H2,1-4H3;2*1H3,(H,3,4);/q;;;+2/p-2. The fourth-order valence-corrected chi connectivity index (χ4v) is 4.32. The zero-order valence-electron chi connectivity index (χ0n) is 27.2. The summed E-state index contributed by atoms with van der Waals surface area (Å²) in [6.45, 7) is 10.4. The fraction of sp³-hybridized carbons (Fsp3) is 0.389. The van der Waals surface area contributed by atoms with Gasteiger partial charge in [-0.25, -0.2) is 0 Å². The molecule has 0 spiro atoms. The number of aliphatic carboxylic acids is 2. The van der Waals surface area contributed by atoms with Crippen LogP contribution in [0.25, 0.3) is 0 Å². The zero-order chi connectivity index (χ0) is 33.1. The first kappa shape index (κ1) is 41.0. The Morgan fingerprint density at radius 2 is 1.02 bits per heavy atom. The molecule has 0 fully saturated rings. The molecule has 0 unspecified atom stereocenters. The SMILES string of the molecule is CC(=O)[O-].CC(=O)[O-].CCCCc1cc(C=Nc2ccccc2N=Cc2cc(CCCC)cc(CC)c2O)c(O)c(CC)c1.[Co+2]. The molecule has 0 saturated heterocycles. The maximum Gasteiger partial charge on any atom is 2.00 e. The van der Waals surface area contributed by atoms with Gasteiger partial charge in [-0.1, -0.05) is 64.8 Å². The number of aryl methyl sites for hydroxylation is 4. The summed E-state index contributed by atoms with van der Waals surface area (Å²) >= 11 is 0. The molecule has 0 heterocycles. The van der Waals surface area contributed by atoms with Crippen LogP contribution in [0.3, 0.4) is 0 Å². The molecule has 0 amide bonds. The minimum absolute atomic E-state index is 0. The van der Waals surface area contributed by atoms with Gasteiger partial charge in [-0.15, -0.1) is 0 Å². The Balaban J connectivity index is 0.00000192. The predicted octanol–water partition coefficient (Wildman–Crippen LogP) is 5.92. The molecule has 0 aromatic heterocycles. The van der Waals surface area contributed by atoms with Gasteiger partial charge in [0, 0.05) is 35.5 Å². The van der Waals surface area contributed by atoms with E-state index in [4.69, 9.17) is 29.8 Å². The third kappa shape index (κ3) is 15.6. The molecule has 3 aromatic rings. The second-order valence-electron chi connectivity index (χ2n) is 10.3. The largest absolute Gasteiger partial charge is 2.00 e. The third-order valence-corrected chi connectivity index (χ3v) is 6.52. The van der Waals surface area contributed by atoms with Crippen LogP contribution >= 0.6 is 0 Å². The molecule has 0 aliphatic heterocycles. The first-order valence-electron chi connectivity index (χ1n) is 15.2. The van der Waals surface area contributed by atoms with Crippen LogP contribution in [-0.2, 0) is 52.1 Å². The average molecular weight is 662 g/mol. The Kier molecular flexibility index (Phi) is 20.6. The quantitative estimate of drug-likeness (QED) is 0.231. The Labute approximate surface area is 278 Å². The van der Waals surface area contributed by atoms with E-state index >= 15 is 0 Å². The van der Waals surface area contributed by atoms with E-state index in [1.165, 1.54) is 11.1 Å². The number of carboxylic acids is 2. The topological polar surface area (TPSA) is 145 Å². The van der Waals surface area contributed by atoms with E-state index in [-0.39, 0.29) is 16.8 Å². The van der Waals surface area contributed by atoms with Gasteiger partial charge in [0.2, 0.25) is 0 Å². The van der Waals surface area contributed by atoms with Crippen molar-refractivity contribution < 1.29 is 46.8 Å². The maximum atomic E-state index is 10.8. The monoisotopic (exact) mass is 661 g/mol. The fourth-order valence-electron chi connectivity index (χ4n) is 4.32. The molecule has 0 aliphatic carbocycles. The number of nitrogens with zero attached hydrogens (tertiary/aromatic N) is 2. The van der Waals surface area contributed by atoms with Crippen molar-refractivity contribution >= 4 is 35.7 Å². The van der Waals surface area contributed by atoms with Crippen LogP contribution in [0.4, 0.5) is 11.4 Å². The van der Waals surface area contributed by atoms with Gasteiger partial charge in [-0.2, -0.15) is 0 Å². The molecule has 0 bridgehead atoms. The van der Waals surface area contributed by atoms with Crippen LogP contribution in [0.5, 0.6) is 11.5 Å². The van der Waals surface area contributed by atoms with Crippen molar-refractivity contribution in [1.82, 2.24) is 0 Å². The van der Waals surface area contributed by atoms with E-state index in [2.05, 4.69) is 39.8 Å². The van der Waals surface area contributed by atoms with E-state index in [0.717, 1.165) is 87.5 Å². The molecule has 45 heavy (non-hydrogen) atoms. The van der Waals surface area contributed by atoms with E-state index in [1.54, 1.807) is 12.4 Å². The summed E-state index contributed by atoms with van der Waals surface area (Å²) in [4.78, 5) is 27.2. The number of phenolic OH excluding ortho intramolecular Hbond substituents is 2. The van der Waals surface area contributed by atoms with Crippen molar-refractivity contribution in [1.29, 1.82) is 0 Å². The summed E-state index contributed by atoms with van der Waals surface area (Å²) in [5.74, 6) is -1.58. The van der Waals surface area contributed by atoms with Crippen molar-refractivity contribution in [3.05, 3.63) is 81.9 Å². The Morgan fingerprint density at radius 3 is 1.31 bits per heavy atom. The molecule has 9 heteroatoms. The molecule has 1 radical (unpaired) electrons. The number of hydrogen-bond donors (Lipinski definition) is 2. The van der Waals surface area contributed by atoms with Crippen LogP contribution in [0, 0.1) is 0 Å². The smallest absolute Gasteiger partial charge is 0.550 e. The molecule has 3 rings (SSSR count). The number of phenols is 2. The van der Waals surface area contributed by atoms with E-state index < -0.39 is 11.9 Å². The van der Waals surface area contributed by atoms with Gasteiger partial charge in [0.15, 0.2) is 0 Å². The summed E-state index contributed by atoms with van der Waals surface area (Å²) in [5, 5.41) is 39.3. The van der Waals surface area contributed by atoms with Crippen molar-refractivity contribution in [2.24, 2.45) is 9.98 Å². The Morgan fingerprint density at radius 1 is 0.689 bits per heavy atom. The number of para-hydroxylation sites is 2. The Hall–Kier alpha value is -3.95. The van der Waals surface area contributed by atoms with Gasteiger partial charge in [-0.3, -0.25) is 9.98 Å². The van der Waals surface area contributed by atoms with Crippen LogP contribution in [0.2, 0.25) is 0 Å². The number of rotatable bonds is 12. The van der Waals surface area contributed by atoms with Gasteiger partial charge in [0.1, 0.15) is 11.5 Å². The van der Waals surface area contributed by atoms with Crippen LogP contribution in [0.15, 0.2) is 58.5 Å². The summed E-state index contributed by atoms with van der Waals surface area (Å²) in [5.41, 5.74) is 7.23. The number of unbranched alkanes of at least 4 members (excludes halogenated alkanes) is 2. The van der Waals surface area contributed by atoms with Crippen LogP contribution < -0.4 is 10.2 Å². The van der Waals surface area contributed by atoms with Gasteiger partial charge >= 0.3 is 16.8 Å². The van der Waals surface area contributed by atoms with Crippen molar-refractivity contribution in [3.63, 3.8) is 0 Å². The molecule has 0 aliphatic rings. The van der Waals surface area contributed by atoms with Gasteiger partial charge in [0.05, 0.1) is 11.4 Å². The first-order valence-corrected chi connectivity index (χ1v) is 15.2. The molecule has 3 aromatic carbocycles. The van der Waals surface area contributed by atoms with Crippen LogP contribution in [-0.4, -0.2) is 34.6 Å². The number of benzene rings is 3. The number of carbonyl (C=O) groups is 2. The molecule has 0 saturated carbocycles. The summed E-state index contributed by atoms with van der Waals surface area (Å²) in [7, 11) is 0. The second-order valence-corrected chi connectivity index (χ2v) is 10.3. The van der Waals surface area contributed by atoms with E-state index in [9.17, 15) is 10.2 Å². The molecular weight excluding hydrogens is 615 g/mol. The van der Waals surface area contributed by atoms with Crippen LogP contribution in [0.1, 0.15) is 101 Å². The van der Waals surface area contributed by atoms with Gasteiger partial charge < -0.3 is 30.0 Å². The number of aromatic hydroxyl groups is 2. The molecule has 245 valence electrons. The molecule has 2 N–H and O–H groups in total. The third-order valence-electron chi connectivity index (χ3n) is 6.52. The molecule has 8 nitrogen and oxygen atoms in total. The van der Waals surface area contributed by atoms with Crippen molar-refractivity contribution in [2.45, 2.75) is 92.9 Å². The van der Waals surface area contributed by atoms with Gasteiger partial charge in [-0.05, 0) is 98.9 Å². The van der Waals surface area contributed by atoms with Gasteiger partial charge in [0.25, 0.3) is 0 Å². The summed E-state index contributed by atoms with van der Waals surface area (Å²) in [6.07, 6.45) is 11.5. The summed E-state index contributed by atoms with van der Waals surface area (Å²) in [6, 6.07) is 16.0. The number of hydrogen-bond acceptors (Lipinski definition) is 8. The molecular formula is C36H46CoN2O6. The Bertz CT molecular complexity index is 1300. The first-order chi connectivity index (χ1) is 21.0. The minimum atomic E-state index is -1.08. The molecule has 0 atom stereocenters. The maximum absolute atomic E-state index is 10.8. The van der Waals surface area contributed by atoms with E-state index in [1.807, 2.05) is 36.4 Å². The van der Waals surface area contributed by atoms with Crippen molar-refractivity contribution in [2.75, 3.05) is 0 Å². The number of aliphatic imine (C=N–C) groups is 2. The minimum Gasteiger partial charge on any atom is -0.550 e. The predicted molar refractivity (Wildman–Crippen MR) is 175 cm³/mol. The zero-order valence-corrected chi connectivity index (χ0v) is 28.2.